The minimum absolute atomic E-state index is 0.117. The molecule has 0 radical (unpaired) electrons. The van der Waals surface area contributed by atoms with Crippen LogP contribution in [0, 0.1) is 18.3 Å². The van der Waals surface area contributed by atoms with Crippen molar-refractivity contribution in [2.45, 2.75) is 33.2 Å². The van der Waals surface area contributed by atoms with E-state index in [0.29, 0.717) is 5.56 Å². The van der Waals surface area contributed by atoms with Crippen LogP contribution in [0.1, 0.15) is 31.9 Å². The molecule has 0 saturated heterocycles. The number of aryl methyl sites for hydroxylation is 1. The summed E-state index contributed by atoms with van der Waals surface area (Å²) in [5, 5.41) is 13.8. The quantitative estimate of drug-likeness (QED) is 0.764. The number of aromatic nitrogens is 2. The van der Waals surface area contributed by atoms with E-state index in [0.717, 1.165) is 11.3 Å². The second kappa shape index (κ2) is 4.30. The van der Waals surface area contributed by atoms with Gasteiger partial charge in [-0.3, -0.25) is 4.68 Å². The average molecular weight is 239 g/mol. The summed E-state index contributed by atoms with van der Waals surface area (Å²) < 4.78 is 1.85. The standard InChI is InChI=1S/C15H17N3/c1-11-5-7-12(8-6-11)14-13(9-16)10-18(17-14)15(2,3)4/h5-8,10H,1-4H3. The van der Waals surface area contributed by atoms with Gasteiger partial charge in [-0.05, 0) is 27.7 Å². The Hall–Kier alpha value is -2.08. The minimum Gasteiger partial charge on any atom is -0.265 e. The predicted molar refractivity (Wildman–Crippen MR) is 72.1 cm³/mol. The maximum atomic E-state index is 9.21. The third-order valence-electron chi connectivity index (χ3n) is 2.85. The van der Waals surface area contributed by atoms with Crippen LogP contribution in [0.3, 0.4) is 0 Å². The van der Waals surface area contributed by atoms with Gasteiger partial charge >= 0.3 is 0 Å². The Bertz CT molecular complexity index is 592. The largest absolute Gasteiger partial charge is 0.265 e. The van der Waals surface area contributed by atoms with Crippen molar-refractivity contribution in [1.29, 1.82) is 5.26 Å². The van der Waals surface area contributed by atoms with E-state index < -0.39 is 0 Å². The summed E-state index contributed by atoms with van der Waals surface area (Å²) in [6.45, 7) is 8.25. The molecule has 0 unspecified atom stereocenters. The summed E-state index contributed by atoms with van der Waals surface area (Å²) in [6.07, 6.45) is 1.81. The number of hydrogen-bond acceptors (Lipinski definition) is 2. The number of nitrogens with zero attached hydrogens (tertiary/aromatic N) is 3. The Morgan fingerprint density at radius 1 is 1.17 bits per heavy atom. The summed E-state index contributed by atoms with van der Waals surface area (Å²) in [5.74, 6) is 0. The van der Waals surface area contributed by atoms with Gasteiger partial charge in [-0.15, -0.1) is 0 Å². The van der Waals surface area contributed by atoms with Crippen LogP contribution >= 0.6 is 0 Å². The molecule has 0 saturated carbocycles. The molecule has 0 aliphatic carbocycles. The van der Waals surface area contributed by atoms with Gasteiger partial charge in [-0.2, -0.15) is 10.4 Å². The maximum Gasteiger partial charge on any atom is 0.110 e. The van der Waals surface area contributed by atoms with Crippen LogP contribution in [0.4, 0.5) is 0 Å². The zero-order chi connectivity index (χ0) is 13.3. The van der Waals surface area contributed by atoms with Gasteiger partial charge in [0, 0.05) is 11.8 Å². The second-order valence-electron chi connectivity index (χ2n) is 5.48. The first-order valence-electron chi connectivity index (χ1n) is 5.99. The highest BCUT2D eigenvalue weighted by atomic mass is 15.3. The molecule has 3 heteroatoms. The first-order chi connectivity index (χ1) is 8.41. The molecule has 18 heavy (non-hydrogen) atoms. The van der Waals surface area contributed by atoms with Crippen molar-refractivity contribution in [3.05, 3.63) is 41.6 Å². The molecular formula is C15H17N3. The van der Waals surface area contributed by atoms with Crippen LogP contribution in [0.25, 0.3) is 11.3 Å². The SMILES string of the molecule is Cc1ccc(-c2nn(C(C)(C)C)cc2C#N)cc1. The van der Waals surface area contributed by atoms with Gasteiger partial charge in [0.05, 0.1) is 11.1 Å². The molecule has 92 valence electrons. The lowest BCUT2D eigenvalue weighted by molar-refractivity contribution is 0.356. The predicted octanol–water partition coefficient (Wildman–Crippen LogP) is 3.49. The molecule has 0 aliphatic rings. The monoisotopic (exact) mass is 239 g/mol. The van der Waals surface area contributed by atoms with Crippen molar-refractivity contribution < 1.29 is 0 Å². The molecule has 1 aromatic heterocycles. The molecule has 2 aromatic rings. The minimum atomic E-state index is -0.117. The first kappa shape index (κ1) is 12.4. The summed E-state index contributed by atoms with van der Waals surface area (Å²) in [5.41, 5.74) is 3.45. The summed E-state index contributed by atoms with van der Waals surface area (Å²) in [6, 6.07) is 10.3. The molecular weight excluding hydrogens is 222 g/mol. The molecule has 0 N–H and O–H groups in total. The maximum absolute atomic E-state index is 9.21. The number of benzene rings is 1. The highest BCUT2D eigenvalue weighted by Crippen LogP contribution is 2.24. The van der Waals surface area contributed by atoms with Crippen molar-refractivity contribution in [1.82, 2.24) is 9.78 Å². The van der Waals surface area contributed by atoms with Crippen LogP contribution in [-0.2, 0) is 5.54 Å². The van der Waals surface area contributed by atoms with E-state index >= 15 is 0 Å². The van der Waals surface area contributed by atoms with E-state index in [-0.39, 0.29) is 5.54 Å². The Balaban J connectivity index is 2.54. The Labute approximate surface area is 108 Å². The first-order valence-corrected chi connectivity index (χ1v) is 5.99. The highest BCUT2D eigenvalue weighted by molar-refractivity contribution is 5.66. The molecule has 0 fully saturated rings. The lowest BCUT2D eigenvalue weighted by atomic mass is 10.1. The zero-order valence-corrected chi connectivity index (χ0v) is 11.2. The molecule has 0 atom stereocenters. The Morgan fingerprint density at radius 3 is 2.28 bits per heavy atom. The molecule has 0 aliphatic heterocycles. The number of nitriles is 1. The topological polar surface area (TPSA) is 41.6 Å². The van der Waals surface area contributed by atoms with Gasteiger partial charge in [0.1, 0.15) is 11.8 Å². The van der Waals surface area contributed by atoms with Gasteiger partial charge in [0.15, 0.2) is 0 Å². The van der Waals surface area contributed by atoms with Crippen molar-refractivity contribution in [3.8, 4) is 17.3 Å². The normalized spacial score (nSPS) is 11.3. The fraction of sp³-hybridized carbons (Fsp3) is 0.333. The van der Waals surface area contributed by atoms with Crippen LogP contribution in [-0.4, -0.2) is 9.78 Å². The molecule has 3 nitrogen and oxygen atoms in total. The van der Waals surface area contributed by atoms with Crippen LogP contribution in [0.15, 0.2) is 30.5 Å². The molecule has 0 spiro atoms. The lowest BCUT2D eigenvalue weighted by Crippen LogP contribution is -2.22. The van der Waals surface area contributed by atoms with Gasteiger partial charge < -0.3 is 0 Å². The second-order valence-corrected chi connectivity index (χ2v) is 5.48. The van der Waals surface area contributed by atoms with E-state index in [9.17, 15) is 5.26 Å². The molecule has 2 rings (SSSR count). The van der Waals surface area contributed by atoms with Gasteiger partial charge in [0.25, 0.3) is 0 Å². The fourth-order valence-electron chi connectivity index (χ4n) is 1.72. The van der Waals surface area contributed by atoms with Crippen LogP contribution in [0.2, 0.25) is 0 Å². The van der Waals surface area contributed by atoms with Crippen molar-refractivity contribution in [3.63, 3.8) is 0 Å². The summed E-state index contributed by atoms with van der Waals surface area (Å²) in [7, 11) is 0. The molecule has 0 bridgehead atoms. The van der Waals surface area contributed by atoms with Gasteiger partial charge in [-0.25, -0.2) is 0 Å². The van der Waals surface area contributed by atoms with Crippen LogP contribution in [0.5, 0.6) is 0 Å². The third-order valence-corrected chi connectivity index (χ3v) is 2.85. The Morgan fingerprint density at radius 2 is 1.78 bits per heavy atom. The van der Waals surface area contributed by atoms with Crippen molar-refractivity contribution in [2.24, 2.45) is 0 Å². The molecule has 1 aromatic carbocycles. The van der Waals surface area contributed by atoms with Gasteiger partial charge in [-0.1, -0.05) is 29.8 Å². The van der Waals surface area contributed by atoms with E-state index in [1.54, 1.807) is 0 Å². The number of hydrogen-bond donors (Lipinski definition) is 0. The van der Waals surface area contributed by atoms with E-state index in [4.69, 9.17) is 0 Å². The van der Waals surface area contributed by atoms with Gasteiger partial charge in [0.2, 0.25) is 0 Å². The fourth-order valence-corrected chi connectivity index (χ4v) is 1.72. The molecule has 1 heterocycles. The van der Waals surface area contributed by atoms with Crippen molar-refractivity contribution >= 4 is 0 Å². The summed E-state index contributed by atoms with van der Waals surface area (Å²) >= 11 is 0. The van der Waals surface area contributed by atoms with E-state index in [2.05, 4.69) is 31.9 Å². The number of rotatable bonds is 1. The summed E-state index contributed by atoms with van der Waals surface area (Å²) in [4.78, 5) is 0. The van der Waals surface area contributed by atoms with E-state index in [1.807, 2.05) is 42.1 Å². The van der Waals surface area contributed by atoms with Crippen LogP contribution < -0.4 is 0 Å². The lowest BCUT2D eigenvalue weighted by Gasteiger charge is -2.18. The van der Waals surface area contributed by atoms with E-state index in [1.165, 1.54) is 5.56 Å². The average Bonchev–Trinajstić information content (AvgIpc) is 2.73. The smallest absolute Gasteiger partial charge is 0.110 e. The molecule has 0 amide bonds. The van der Waals surface area contributed by atoms with Crippen molar-refractivity contribution in [2.75, 3.05) is 0 Å². The zero-order valence-electron chi connectivity index (χ0n) is 11.2. The Kier molecular flexibility index (Phi) is 2.96. The highest BCUT2D eigenvalue weighted by Gasteiger charge is 2.18. The third kappa shape index (κ3) is 2.28.